The molecule has 0 aliphatic carbocycles. The van der Waals surface area contributed by atoms with Crippen molar-refractivity contribution in [2.24, 2.45) is 0 Å². The number of amides is 2. The van der Waals surface area contributed by atoms with E-state index >= 15 is 0 Å². The van der Waals surface area contributed by atoms with Gasteiger partial charge in [0.1, 0.15) is 0 Å². The first-order valence-corrected chi connectivity index (χ1v) is 9.56. The zero-order chi connectivity index (χ0) is 19.4. The lowest BCUT2D eigenvalue weighted by molar-refractivity contribution is 0.0718. The minimum Gasteiger partial charge on any atom is -0.337 e. The smallest absolute Gasteiger partial charge is 0.255 e. The fraction of sp³-hybridized carbons (Fsp3) is 0.409. The van der Waals surface area contributed by atoms with Crippen LogP contribution in [0, 0.1) is 6.92 Å². The molecule has 2 heterocycles. The van der Waals surface area contributed by atoms with Crippen molar-refractivity contribution in [1.82, 2.24) is 14.8 Å². The minimum absolute atomic E-state index is 0.0182. The fourth-order valence-corrected chi connectivity index (χ4v) is 3.39. The number of carbonyl (C=O) groups excluding carboxylic acids is 2. The summed E-state index contributed by atoms with van der Waals surface area (Å²) in [6.45, 7) is 8.66. The van der Waals surface area contributed by atoms with E-state index in [2.05, 4.69) is 24.9 Å². The zero-order valence-corrected chi connectivity index (χ0v) is 16.3. The first kappa shape index (κ1) is 19.1. The van der Waals surface area contributed by atoms with Gasteiger partial charge in [-0.15, -0.1) is 0 Å². The second kappa shape index (κ2) is 8.33. The summed E-state index contributed by atoms with van der Waals surface area (Å²) in [6, 6.07) is 9.69. The van der Waals surface area contributed by atoms with Crippen LogP contribution < -0.4 is 0 Å². The van der Waals surface area contributed by atoms with Crippen LogP contribution in [0.15, 0.2) is 42.7 Å². The summed E-state index contributed by atoms with van der Waals surface area (Å²) in [4.78, 5) is 33.5. The quantitative estimate of drug-likeness (QED) is 0.836. The van der Waals surface area contributed by atoms with Gasteiger partial charge in [-0.05, 0) is 48.6 Å². The maximum Gasteiger partial charge on any atom is 0.255 e. The molecule has 0 unspecified atom stereocenters. The summed E-state index contributed by atoms with van der Waals surface area (Å²) in [6.07, 6.45) is 4.03. The van der Waals surface area contributed by atoms with Gasteiger partial charge in [0, 0.05) is 44.1 Å². The molecule has 0 atom stereocenters. The van der Waals surface area contributed by atoms with E-state index in [1.807, 2.05) is 28.9 Å². The lowest BCUT2D eigenvalue weighted by Crippen LogP contribution is -2.37. The van der Waals surface area contributed by atoms with Crippen molar-refractivity contribution in [3.63, 3.8) is 0 Å². The summed E-state index contributed by atoms with van der Waals surface area (Å²) < 4.78 is 0. The van der Waals surface area contributed by atoms with Gasteiger partial charge in [-0.1, -0.05) is 26.0 Å². The third-order valence-electron chi connectivity index (χ3n) is 5.14. The van der Waals surface area contributed by atoms with E-state index in [9.17, 15) is 9.59 Å². The highest BCUT2D eigenvalue weighted by Gasteiger charge is 2.24. The monoisotopic (exact) mass is 365 g/mol. The van der Waals surface area contributed by atoms with Crippen LogP contribution in [0.1, 0.15) is 58.0 Å². The molecule has 0 N–H and O–H groups in total. The highest BCUT2D eigenvalue weighted by molar-refractivity contribution is 5.96. The topological polar surface area (TPSA) is 53.5 Å². The van der Waals surface area contributed by atoms with Crippen LogP contribution in [-0.4, -0.2) is 52.8 Å². The fourth-order valence-electron chi connectivity index (χ4n) is 3.39. The lowest BCUT2D eigenvalue weighted by Gasteiger charge is -2.23. The number of aromatic nitrogens is 1. The van der Waals surface area contributed by atoms with Crippen molar-refractivity contribution in [1.29, 1.82) is 0 Å². The Labute approximate surface area is 161 Å². The van der Waals surface area contributed by atoms with Crippen LogP contribution >= 0.6 is 0 Å². The largest absolute Gasteiger partial charge is 0.337 e. The molecule has 1 aromatic carbocycles. The average molecular weight is 365 g/mol. The molecule has 0 bridgehead atoms. The lowest BCUT2D eigenvalue weighted by atomic mass is 9.97. The molecular formula is C22H27N3O2. The standard InChI is InChI=1S/C22H27N3O2/c1-16(2)18-8-7-17(3)20(14-18)22(27)25-11-5-10-24(12-13-25)21(26)19-6-4-9-23-15-19/h4,6-9,14-16H,5,10-13H2,1-3H3. The molecule has 1 aliphatic rings. The maximum atomic E-state index is 13.1. The Kier molecular flexibility index (Phi) is 5.89. The molecule has 2 amide bonds. The molecule has 5 nitrogen and oxygen atoms in total. The van der Waals surface area contributed by atoms with Crippen molar-refractivity contribution in [3.8, 4) is 0 Å². The highest BCUT2D eigenvalue weighted by Crippen LogP contribution is 2.21. The van der Waals surface area contributed by atoms with E-state index in [-0.39, 0.29) is 11.8 Å². The second-order valence-electron chi connectivity index (χ2n) is 7.41. The van der Waals surface area contributed by atoms with Gasteiger partial charge in [0.15, 0.2) is 0 Å². The summed E-state index contributed by atoms with van der Waals surface area (Å²) >= 11 is 0. The van der Waals surface area contributed by atoms with Crippen LogP contribution in [0.2, 0.25) is 0 Å². The van der Waals surface area contributed by atoms with Crippen molar-refractivity contribution in [2.75, 3.05) is 26.2 Å². The number of aryl methyl sites for hydroxylation is 1. The summed E-state index contributed by atoms with van der Waals surface area (Å²) in [5.41, 5.74) is 3.54. The predicted molar refractivity (Wildman–Crippen MR) is 106 cm³/mol. The van der Waals surface area contributed by atoms with E-state index in [1.54, 1.807) is 24.5 Å². The number of benzene rings is 1. The van der Waals surface area contributed by atoms with Crippen LogP contribution in [0.25, 0.3) is 0 Å². The van der Waals surface area contributed by atoms with Gasteiger partial charge in [-0.25, -0.2) is 0 Å². The third kappa shape index (κ3) is 4.35. The Balaban J connectivity index is 1.72. The first-order chi connectivity index (χ1) is 13.0. The molecule has 1 fully saturated rings. The minimum atomic E-state index is -0.0182. The molecule has 27 heavy (non-hydrogen) atoms. The highest BCUT2D eigenvalue weighted by atomic mass is 16.2. The molecule has 0 radical (unpaired) electrons. The molecule has 1 saturated heterocycles. The van der Waals surface area contributed by atoms with Gasteiger partial charge in [0.2, 0.25) is 0 Å². The van der Waals surface area contributed by atoms with Crippen molar-refractivity contribution < 1.29 is 9.59 Å². The van der Waals surface area contributed by atoms with Crippen molar-refractivity contribution in [3.05, 3.63) is 65.0 Å². The number of hydrogen-bond donors (Lipinski definition) is 0. The number of carbonyl (C=O) groups is 2. The van der Waals surface area contributed by atoms with Gasteiger partial charge in [0.05, 0.1) is 5.56 Å². The second-order valence-corrected chi connectivity index (χ2v) is 7.41. The summed E-state index contributed by atoms with van der Waals surface area (Å²) in [5.74, 6) is 0.426. The van der Waals surface area contributed by atoms with Crippen LogP contribution in [-0.2, 0) is 0 Å². The van der Waals surface area contributed by atoms with Crippen LogP contribution in [0.5, 0.6) is 0 Å². The molecule has 0 spiro atoms. The SMILES string of the molecule is Cc1ccc(C(C)C)cc1C(=O)N1CCCN(C(=O)c2cccnc2)CC1. The molecule has 1 aliphatic heterocycles. The van der Waals surface area contributed by atoms with E-state index in [0.717, 1.165) is 17.5 Å². The molecule has 3 rings (SSSR count). The van der Waals surface area contributed by atoms with Crippen LogP contribution in [0.4, 0.5) is 0 Å². The van der Waals surface area contributed by atoms with Crippen molar-refractivity contribution >= 4 is 11.8 Å². The van der Waals surface area contributed by atoms with Gasteiger partial charge in [0.25, 0.3) is 11.8 Å². The third-order valence-corrected chi connectivity index (χ3v) is 5.14. The first-order valence-electron chi connectivity index (χ1n) is 9.56. The van der Waals surface area contributed by atoms with E-state index < -0.39 is 0 Å². The van der Waals surface area contributed by atoms with Crippen molar-refractivity contribution in [2.45, 2.75) is 33.1 Å². The maximum absolute atomic E-state index is 13.1. The molecule has 2 aromatic rings. The Hall–Kier alpha value is -2.69. The van der Waals surface area contributed by atoms with Gasteiger partial charge in [-0.3, -0.25) is 14.6 Å². The van der Waals surface area contributed by atoms with Gasteiger partial charge in [-0.2, -0.15) is 0 Å². The van der Waals surface area contributed by atoms with Gasteiger partial charge >= 0.3 is 0 Å². The molecule has 142 valence electrons. The van der Waals surface area contributed by atoms with Crippen LogP contribution in [0.3, 0.4) is 0 Å². The van der Waals surface area contributed by atoms with E-state index in [4.69, 9.17) is 0 Å². The number of hydrogen-bond acceptors (Lipinski definition) is 3. The number of nitrogens with zero attached hydrogens (tertiary/aromatic N) is 3. The Morgan fingerprint density at radius 2 is 1.70 bits per heavy atom. The number of rotatable bonds is 3. The molecule has 0 saturated carbocycles. The van der Waals surface area contributed by atoms with Gasteiger partial charge < -0.3 is 9.80 Å². The average Bonchev–Trinajstić information content (AvgIpc) is 2.94. The summed E-state index contributed by atoms with van der Waals surface area (Å²) in [7, 11) is 0. The molecule has 5 heteroatoms. The van der Waals surface area contributed by atoms with E-state index in [0.29, 0.717) is 37.7 Å². The Morgan fingerprint density at radius 3 is 2.33 bits per heavy atom. The Morgan fingerprint density at radius 1 is 1.00 bits per heavy atom. The molecule has 1 aromatic heterocycles. The summed E-state index contributed by atoms with van der Waals surface area (Å²) in [5, 5.41) is 0. The predicted octanol–water partition coefficient (Wildman–Crippen LogP) is 3.50. The molecular weight excluding hydrogens is 338 g/mol. The Bertz CT molecular complexity index is 818. The number of pyridine rings is 1. The normalized spacial score (nSPS) is 15.0. The zero-order valence-electron chi connectivity index (χ0n) is 16.3. The van der Waals surface area contributed by atoms with E-state index in [1.165, 1.54) is 5.56 Å².